The molecule has 92 valence electrons. The van der Waals surface area contributed by atoms with Gasteiger partial charge in [0.1, 0.15) is 0 Å². The van der Waals surface area contributed by atoms with Gasteiger partial charge in [-0.1, -0.05) is 23.7 Å². The van der Waals surface area contributed by atoms with Gasteiger partial charge in [-0.15, -0.1) is 5.06 Å². The summed E-state index contributed by atoms with van der Waals surface area (Å²) in [5.41, 5.74) is 1.15. The summed E-state index contributed by atoms with van der Waals surface area (Å²) in [6.07, 6.45) is 3.79. The maximum Gasteiger partial charge on any atom is 0.180 e. The van der Waals surface area contributed by atoms with Crippen LogP contribution in [0.2, 0.25) is 5.02 Å². The lowest BCUT2D eigenvalue weighted by Gasteiger charge is -2.24. The molecule has 4 heteroatoms. The molecule has 2 unspecified atom stereocenters. The molecule has 1 saturated heterocycles. The summed E-state index contributed by atoms with van der Waals surface area (Å²) in [7, 11) is 0. The van der Waals surface area contributed by atoms with Gasteiger partial charge in [0.25, 0.3) is 0 Å². The monoisotopic (exact) mass is 253 g/mol. The van der Waals surface area contributed by atoms with Gasteiger partial charge in [0, 0.05) is 11.1 Å². The number of hydroxylamine groups is 2. The van der Waals surface area contributed by atoms with Crippen LogP contribution in [0, 0.1) is 0 Å². The first-order valence-electron chi connectivity index (χ1n) is 6.12. The van der Waals surface area contributed by atoms with E-state index in [2.05, 4.69) is 5.06 Å². The SMILES string of the molecule is OC1CCC(N2OC2c2ccc(Cl)cc2)CC1. The van der Waals surface area contributed by atoms with Crippen molar-refractivity contribution in [2.75, 3.05) is 0 Å². The Labute approximate surface area is 106 Å². The molecule has 0 amide bonds. The van der Waals surface area contributed by atoms with Gasteiger partial charge in [-0.25, -0.2) is 0 Å². The second-order valence-corrected chi connectivity index (χ2v) is 5.27. The van der Waals surface area contributed by atoms with Crippen molar-refractivity contribution in [2.45, 2.75) is 44.1 Å². The number of hydrogen-bond donors (Lipinski definition) is 1. The molecule has 2 atom stereocenters. The van der Waals surface area contributed by atoms with Crippen LogP contribution in [0.1, 0.15) is 37.5 Å². The van der Waals surface area contributed by atoms with Crippen molar-refractivity contribution in [1.82, 2.24) is 5.06 Å². The van der Waals surface area contributed by atoms with E-state index in [0.29, 0.717) is 6.04 Å². The predicted octanol–water partition coefficient (Wildman–Crippen LogP) is 2.89. The topological polar surface area (TPSA) is 35.8 Å². The minimum absolute atomic E-state index is 0.0903. The van der Waals surface area contributed by atoms with Crippen molar-refractivity contribution in [2.24, 2.45) is 0 Å². The van der Waals surface area contributed by atoms with Crippen LogP contribution < -0.4 is 0 Å². The van der Waals surface area contributed by atoms with Crippen molar-refractivity contribution in [1.29, 1.82) is 0 Å². The number of rotatable bonds is 2. The molecule has 3 nitrogen and oxygen atoms in total. The first-order valence-corrected chi connectivity index (χ1v) is 6.50. The van der Waals surface area contributed by atoms with E-state index < -0.39 is 0 Å². The van der Waals surface area contributed by atoms with E-state index >= 15 is 0 Å². The molecule has 0 spiro atoms. The van der Waals surface area contributed by atoms with E-state index in [1.165, 1.54) is 0 Å². The summed E-state index contributed by atoms with van der Waals surface area (Å²) in [6.45, 7) is 0. The maximum atomic E-state index is 9.47. The normalized spacial score (nSPS) is 36.8. The molecule has 0 bridgehead atoms. The minimum atomic E-state index is -0.111. The van der Waals surface area contributed by atoms with Crippen molar-refractivity contribution in [3.05, 3.63) is 34.9 Å². The Balaban J connectivity index is 1.61. The third kappa shape index (κ3) is 2.47. The van der Waals surface area contributed by atoms with Crippen LogP contribution in [0.3, 0.4) is 0 Å². The molecule has 0 aromatic heterocycles. The average molecular weight is 254 g/mol. The maximum absolute atomic E-state index is 9.47. The fraction of sp³-hybridized carbons (Fsp3) is 0.538. The first-order chi connectivity index (χ1) is 8.24. The lowest BCUT2D eigenvalue weighted by atomic mass is 9.93. The van der Waals surface area contributed by atoms with Gasteiger partial charge in [0.2, 0.25) is 0 Å². The van der Waals surface area contributed by atoms with Crippen molar-refractivity contribution in [3.63, 3.8) is 0 Å². The van der Waals surface area contributed by atoms with Gasteiger partial charge in [-0.3, -0.25) is 4.84 Å². The van der Waals surface area contributed by atoms with Gasteiger partial charge < -0.3 is 5.11 Å². The Bertz CT molecular complexity index is 387. The van der Waals surface area contributed by atoms with Gasteiger partial charge in [-0.2, -0.15) is 0 Å². The summed E-state index contributed by atoms with van der Waals surface area (Å²) in [4.78, 5) is 5.63. The van der Waals surface area contributed by atoms with Crippen molar-refractivity contribution < 1.29 is 9.94 Å². The number of aliphatic hydroxyl groups excluding tert-OH is 1. The van der Waals surface area contributed by atoms with Crippen LogP contribution in [0.4, 0.5) is 0 Å². The Hall–Kier alpha value is -0.610. The Morgan fingerprint density at radius 1 is 1.12 bits per heavy atom. The Morgan fingerprint density at radius 2 is 1.76 bits per heavy atom. The largest absolute Gasteiger partial charge is 0.393 e. The highest BCUT2D eigenvalue weighted by Gasteiger charge is 2.44. The minimum Gasteiger partial charge on any atom is -0.393 e. The summed E-state index contributed by atoms with van der Waals surface area (Å²) in [6, 6.07) is 8.25. The van der Waals surface area contributed by atoms with Crippen LogP contribution in [0.15, 0.2) is 24.3 Å². The van der Waals surface area contributed by atoms with E-state index in [4.69, 9.17) is 16.4 Å². The number of nitrogens with zero attached hydrogens (tertiary/aromatic N) is 1. The standard InChI is InChI=1S/C13H16ClNO2/c14-10-3-1-9(2-4-10)13-15(17-13)11-5-7-12(16)8-6-11/h1-4,11-13,16H,5-8H2. The van der Waals surface area contributed by atoms with Gasteiger partial charge in [0.05, 0.1) is 6.10 Å². The number of hydrogen-bond acceptors (Lipinski definition) is 3. The van der Waals surface area contributed by atoms with E-state index in [1.54, 1.807) is 0 Å². The van der Waals surface area contributed by atoms with Crippen LogP contribution in [-0.2, 0) is 4.84 Å². The van der Waals surface area contributed by atoms with Crippen LogP contribution in [0.25, 0.3) is 0 Å². The summed E-state index contributed by atoms with van der Waals surface area (Å²) in [5, 5.41) is 12.3. The molecule has 2 fully saturated rings. The van der Waals surface area contributed by atoms with Gasteiger partial charge in [-0.05, 0) is 43.4 Å². The summed E-state index contributed by atoms with van der Waals surface area (Å²) in [5.74, 6) is 0. The molecule has 1 aliphatic carbocycles. The number of halogens is 1. The van der Waals surface area contributed by atoms with Gasteiger partial charge >= 0.3 is 0 Å². The van der Waals surface area contributed by atoms with Crippen LogP contribution in [0.5, 0.6) is 0 Å². The average Bonchev–Trinajstić information content (AvgIpc) is 3.11. The van der Waals surface area contributed by atoms with Crippen molar-refractivity contribution in [3.8, 4) is 0 Å². The fourth-order valence-electron chi connectivity index (χ4n) is 2.51. The highest BCUT2D eigenvalue weighted by Crippen LogP contribution is 2.43. The highest BCUT2D eigenvalue weighted by molar-refractivity contribution is 6.30. The van der Waals surface area contributed by atoms with Crippen molar-refractivity contribution >= 4 is 11.6 Å². The van der Waals surface area contributed by atoms with E-state index in [9.17, 15) is 5.11 Å². The second-order valence-electron chi connectivity index (χ2n) is 4.83. The zero-order valence-electron chi connectivity index (χ0n) is 9.55. The third-order valence-electron chi connectivity index (χ3n) is 3.59. The molecule has 1 N–H and O–H groups in total. The quantitative estimate of drug-likeness (QED) is 0.824. The molecule has 3 rings (SSSR count). The van der Waals surface area contributed by atoms with E-state index in [0.717, 1.165) is 36.3 Å². The molecular weight excluding hydrogens is 238 g/mol. The molecular formula is C13H16ClNO2. The molecule has 1 saturated carbocycles. The Morgan fingerprint density at radius 3 is 2.41 bits per heavy atom. The molecule has 1 heterocycles. The predicted molar refractivity (Wildman–Crippen MR) is 65.4 cm³/mol. The van der Waals surface area contributed by atoms with Crippen LogP contribution >= 0.6 is 11.6 Å². The Kier molecular flexibility index (Phi) is 3.09. The highest BCUT2D eigenvalue weighted by atomic mass is 35.5. The molecule has 2 aliphatic rings. The summed E-state index contributed by atoms with van der Waals surface area (Å²) >= 11 is 5.86. The van der Waals surface area contributed by atoms with Gasteiger partial charge in [0.15, 0.2) is 6.23 Å². The molecule has 1 aliphatic heterocycles. The number of aliphatic hydroxyl groups is 1. The lowest BCUT2D eigenvalue weighted by molar-refractivity contribution is 0.0625. The summed E-state index contributed by atoms with van der Waals surface area (Å²) < 4.78 is 0. The van der Waals surface area contributed by atoms with E-state index in [1.807, 2.05) is 24.3 Å². The fourth-order valence-corrected chi connectivity index (χ4v) is 2.64. The van der Waals surface area contributed by atoms with Crippen LogP contribution in [-0.4, -0.2) is 22.3 Å². The molecule has 1 aromatic carbocycles. The second kappa shape index (κ2) is 4.58. The molecule has 0 radical (unpaired) electrons. The zero-order valence-corrected chi connectivity index (χ0v) is 10.3. The lowest BCUT2D eigenvalue weighted by Crippen LogP contribution is -2.27. The van der Waals surface area contributed by atoms with E-state index in [-0.39, 0.29) is 12.3 Å². The first kappa shape index (κ1) is 11.5. The zero-order chi connectivity index (χ0) is 11.8. The third-order valence-corrected chi connectivity index (χ3v) is 3.84. The molecule has 17 heavy (non-hydrogen) atoms. The number of benzene rings is 1. The smallest absolute Gasteiger partial charge is 0.180 e. The molecule has 1 aromatic rings.